The van der Waals surface area contributed by atoms with Gasteiger partial charge in [-0.3, -0.25) is 19.5 Å². The maximum Gasteiger partial charge on any atom is 0.294 e. The molecule has 2 aromatic carbocycles. The second kappa shape index (κ2) is 7.94. The molecule has 0 radical (unpaired) electrons. The Kier molecular flexibility index (Phi) is 4.94. The Bertz CT molecular complexity index is 1420. The molecule has 0 saturated carbocycles. The summed E-state index contributed by atoms with van der Waals surface area (Å²) in [5, 5.41) is 11.6. The Morgan fingerprint density at radius 2 is 1.88 bits per heavy atom. The molecule has 0 aliphatic carbocycles. The number of aromatic nitrogens is 1. The Labute approximate surface area is 189 Å². The minimum atomic E-state index is -0.914. The average Bonchev–Trinajstić information content (AvgIpc) is 3.39. The van der Waals surface area contributed by atoms with Crippen LogP contribution in [0.15, 0.2) is 88.7 Å². The zero-order chi connectivity index (χ0) is 23.1. The number of fused-ring (bicyclic) bond motifs is 1. The number of amides is 1. The molecule has 4 aromatic rings. The maximum atomic E-state index is 13.7. The van der Waals surface area contributed by atoms with Crippen molar-refractivity contribution in [1.29, 1.82) is 0 Å². The van der Waals surface area contributed by atoms with Crippen molar-refractivity contribution in [1.82, 2.24) is 4.98 Å². The number of ether oxygens (including phenoxy) is 1. The first-order chi connectivity index (χ1) is 16.0. The maximum absolute atomic E-state index is 13.7. The van der Waals surface area contributed by atoms with Crippen LogP contribution in [0.25, 0.3) is 11.0 Å². The van der Waals surface area contributed by atoms with E-state index in [2.05, 4.69) is 4.98 Å². The summed E-state index contributed by atoms with van der Waals surface area (Å²) in [6.07, 6.45) is 1.58. The predicted octanol–water partition coefficient (Wildman–Crippen LogP) is 4.93. The molecule has 7 nitrogen and oxygen atoms in total. The highest BCUT2D eigenvalue weighted by atomic mass is 16.5. The van der Waals surface area contributed by atoms with Crippen molar-refractivity contribution >= 4 is 28.3 Å². The number of anilines is 1. The summed E-state index contributed by atoms with van der Waals surface area (Å²) < 4.78 is 11.2. The van der Waals surface area contributed by atoms with Crippen LogP contribution in [-0.2, 0) is 4.79 Å². The van der Waals surface area contributed by atoms with Crippen LogP contribution >= 0.6 is 0 Å². The number of para-hydroxylation sites is 2. The van der Waals surface area contributed by atoms with Gasteiger partial charge in [-0.15, -0.1) is 0 Å². The molecule has 3 heterocycles. The van der Waals surface area contributed by atoms with E-state index in [0.29, 0.717) is 28.1 Å². The summed E-state index contributed by atoms with van der Waals surface area (Å²) in [5.74, 6) is -1.40. The van der Waals surface area contributed by atoms with Gasteiger partial charge in [0.15, 0.2) is 22.9 Å². The van der Waals surface area contributed by atoms with E-state index in [9.17, 15) is 14.7 Å². The largest absolute Gasteiger partial charge is 0.503 e. The number of methoxy groups -OCH3 is 1. The average molecular weight is 440 g/mol. The summed E-state index contributed by atoms with van der Waals surface area (Å²) in [7, 11) is 1.51. The number of hydrogen-bond donors (Lipinski definition) is 1. The van der Waals surface area contributed by atoms with Crippen molar-refractivity contribution in [3.63, 3.8) is 0 Å². The standard InChI is InChI=1S/C26H20N2O5/c1-15-8-3-4-11-18(15)28-22(17-10-5-6-13-27-17)21(24(30)26(28)31)23(29)20-14-16-9-7-12-19(32-2)25(16)33-20/h3-14,22,30H,1-2H3. The van der Waals surface area contributed by atoms with Crippen LogP contribution in [0.2, 0.25) is 0 Å². The molecule has 1 aliphatic rings. The lowest BCUT2D eigenvalue weighted by molar-refractivity contribution is -0.117. The number of benzene rings is 2. The van der Waals surface area contributed by atoms with Gasteiger partial charge in [-0.05, 0) is 42.8 Å². The normalized spacial score (nSPS) is 16.0. The molecule has 164 valence electrons. The van der Waals surface area contributed by atoms with E-state index in [4.69, 9.17) is 9.15 Å². The highest BCUT2D eigenvalue weighted by molar-refractivity contribution is 6.20. The van der Waals surface area contributed by atoms with E-state index < -0.39 is 23.5 Å². The number of hydrogen-bond acceptors (Lipinski definition) is 6. The molecule has 7 heteroatoms. The van der Waals surface area contributed by atoms with Gasteiger partial charge in [-0.2, -0.15) is 0 Å². The predicted molar refractivity (Wildman–Crippen MR) is 122 cm³/mol. The molecule has 0 saturated heterocycles. The zero-order valence-electron chi connectivity index (χ0n) is 18.0. The lowest BCUT2D eigenvalue weighted by Crippen LogP contribution is -2.32. The highest BCUT2D eigenvalue weighted by Crippen LogP contribution is 2.42. The van der Waals surface area contributed by atoms with Gasteiger partial charge in [0.1, 0.15) is 6.04 Å². The van der Waals surface area contributed by atoms with Crippen LogP contribution in [0.4, 0.5) is 5.69 Å². The fourth-order valence-corrected chi connectivity index (χ4v) is 4.18. The second-order valence-corrected chi connectivity index (χ2v) is 7.70. The molecular formula is C26H20N2O5. The van der Waals surface area contributed by atoms with Crippen molar-refractivity contribution in [3.8, 4) is 5.75 Å². The fourth-order valence-electron chi connectivity index (χ4n) is 4.18. The number of aliphatic hydroxyl groups excluding tert-OH is 1. The Hall–Kier alpha value is -4.39. The third-order valence-electron chi connectivity index (χ3n) is 5.75. The first-order valence-corrected chi connectivity index (χ1v) is 10.4. The second-order valence-electron chi connectivity index (χ2n) is 7.70. The third kappa shape index (κ3) is 3.25. The summed E-state index contributed by atoms with van der Waals surface area (Å²) in [4.78, 5) is 32.7. The molecule has 5 rings (SSSR count). The van der Waals surface area contributed by atoms with E-state index >= 15 is 0 Å². The molecule has 1 unspecified atom stereocenters. The zero-order valence-corrected chi connectivity index (χ0v) is 18.0. The molecule has 33 heavy (non-hydrogen) atoms. The van der Waals surface area contributed by atoms with Crippen LogP contribution < -0.4 is 9.64 Å². The van der Waals surface area contributed by atoms with E-state index in [-0.39, 0.29) is 11.3 Å². The first kappa shape index (κ1) is 20.5. The minimum Gasteiger partial charge on any atom is -0.503 e. The van der Waals surface area contributed by atoms with Crippen molar-refractivity contribution in [3.05, 3.63) is 101 Å². The van der Waals surface area contributed by atoms with Crippen LogP contribution in [0.5, 0.6) is 5.75 Å². The van der Waals surface area contributed by atoms with Gasteiger partial charge < -0.3 is 14.3 Å². The molecule has 0 bridgehead atoms. The quantitative estimate of drug-likeness (QED) is 0.443. The Morgan fingerprint density at radius 3 is 2.61 bits per heavy atom. The van der Waals surface area contributed by atoms with Crippen molar-refractivity contribution in [2.75, 3.05) is 12.0 Å². The van der Waals surface area contributed by atoms with Crippen LogP contribution in [-0.4, -0.2) is 28.9 Å². The SMILES string of the molecule is COc1cccc2cc(C(=O)C3=C(O)C(=O)N(c4ccccc4C)C3c3ccccn3)oc12. The van der Waals surface area contributed by atoms with Crippen LogP contribution in [0.1, 0.15) is 27.9 Å². The first-order valence-electron chi connectivity index (χ1n) is 10.4. The number of aliphatic hydroxyl groups is 1. The molecular weight excluding hydrogens is 420 g/mol. The van der Waals surface area contributed by atoms with E-state index in [1.165, 1.54) is 12.0 Å². The van der Waals surface area contributed by atoms with Crippen molar-refractivity contribution in [2.24, 2.45) is 0 Å². The van der Waals surface area contributed by atoms with Crippen LogP contribution in [0.3, 0.4) is 0 Å². The monoisotopic (exact) mass is 440 g/mol. The number of carbonyl (C=O) groups is 2. The molecule has 0 fully saturated rings. The lowest BCUT2D eigenvalue weighted by Gasteiger charge is -2.27. The summed E-state index contributed by atoms with van der Waals surface area (Å²) in [6, 6.07) is 18.5. The number of furan rings is 1. The molecule has 2 aromatic heterocycles. The van der Waals surface area contributed by atoms with Crippen molar-refractivity contribution in [2.45, 2.75) is 13.0 Å². The lowest BCUT2D eigenvalue weighted by atomic mass is 9.97. The highest BCUT2D eigenvalue weighted by Gasteiger charge is 2.46. The molecule has 1 amide bonds. The number of nitrogens with zero attached hydrogens (tertiary/aromatic N) is 2. The molecule has 1 atom stereocenters. The van der Waals surface area contributed by atoms with Gasteiger partial charge in [0, 0.05) is 17.3 Å². The number of rotatable bonds is 5. The summed E-state index contributed by atoms with van der Waals surface area (Å²) >= 11 is 0. The van der Waals surface area contributed by atoms with Gasteiger partial charge in [-0.25, -0.2) is 0 Å². The minimum absolute atomic E-state index is 0.00332. The number of pyridine rings is 1. The molecule has 1 N–H and O–H groups in total. The van der Waals surface area contributed by atoms with Crippen LogP contribution in [0, 0.1) is 6.92 Å². The van der Waals surface area contributed by atoms with Gasteiger partial charge in [-0.1, -0.05) is 36.4 Å². The smallest absolute Gasteiger partial charge is 0.294 e. The van der Waals surface area contributed by atoms with E-state index in [0.717, 1.165) is 5.56 Å². The van der Waals surface area contributed by atoms with E-state index in [1.54, 1.807) is 60.8 Å². The number of carbonyl (C=O) groups excluding carboxylic acids is 2. The van der Waals surface area contributed by atoms with Crippen molar-refractivity contribution < 1.29 is 23.8 Å². The fraction of sp³-hybridized carbons (Fsp3) is 0.115. The molecule has 0 spiro atoms. The number of ketones is 1. The van der Waals surface area contributed by atoms with E-state index in [1.807, 2.05) is 19.1 Å². The van der Waals surface area contributed by atoms with Gasteiger partial charge >= 0.3 is 0 Å². The molecule has 1 aliphatic heterocycles. The number of Topliss-reactive ketones (excluding diaryl/α,β-unsaturated/α-hetero) is 1. The van der Waals surface area contributed by atoms with Gasteiger partial charge in [0.25, 0.3) is 5.91 Å². The van der Waals surface area contributed by atoms with Gasteiger partial charge in [0.2, 0.25) is 5.78 Å². The Morgan fingerprint density at radius 1 is 1.09 bits per heavy atom. The third-order valence-corrected chi connectivity index (χ3v) is 5.75. The Balaban J connectivity index is 1.67. The number of aryl methyl sites for hydroxylation is 1. The topological polar surface area (TPSA) is 92.9 Å². The van der Waals surface area contributed by atoms with Gasteiger partial charge in [0.05, 0.1) is 18.4 Å². The summed E-state index contributed by atoms with van der Waals surface area (Å²) in [5.41, 5.74) is 2.19. The summed E-state index contributed by atoms with van der Waals surface area (Å²) in [6.45, 7) is 1.86.